The Labute approximate surface area is 140 Å². The molecule has 1 N–H and O–H groups in total. The predicted molar refractivity (Wildman–Crippen MR) is 89.3 cm³/mol. The van der Waals surface area contributed by atoms with Gasteiger partial charge >= 0.3 is 0 Å². The third kappa shape index (κ3) is 4.04. The van der Waals surface area contributed by atoms with Crippen LogP contribution in [0.2, 0.25) is 5.02 Å². The molecule has 0 unspecified atom stereocenters. The van der Waals surface area contributed by atoms with Crippen LogP contribution < -0.4 is 5.32 Å². The van der Waals surface area contributed by atoms with E-state index >= 15 is 0 Å². The normalized spacial score (nSPS) is 10.9. The first-order valence-corrected chi connectivity index (χ1v) is 7.98. The maximum Gasteiger partial charge on any atom is 0.250 e. The van der Waals surface area contributed by atoms with E-state index in [2.05, 4.69) is 10.3 Å². The number of carbonyl (C=O) groups is 1. The molecule has 1 heterocycles. The van der Waals surface area contributed by atoms with E-state index in [1.54, 1.807) is 0 Å². The van der Waals surface area contributed by atoms with Gasteiger partial charge in [-0.2, -0.15) is 0 Å². The number of nitrogens with zero attached hydrogens (tertiary/aromatic N) is 1. The maximum absolute atomic E-state index is 13.0. The number of aromatic nitrogens is 1. The van der Waals surface area contributed by atoms with E-state index in [4.69, 9.17) is 16.3 Å². The molecule has 3 rings (SSSR count). The molecule has 118 valence electrons. The zero-order valence-electron chi connectivity index (χ0n) is 11.9. The highest BCUT2D eigenvalue weighted by Gasteiger charge is 2.07. The summed E-state index contributed by atoms with van der Waals surface area (Å²) in [6.45, 7) is 0.141. The Hall–Kier alpha value is -2.02. The van der Waals surface area contributed by atoms with E-state index in [0.29, 0.717) is 5.69 Å². The van der Waals surface area contributed by atoms with Gasteiger partial charge in [0.15, 0.2) is 0 Å². The van der Waals surface area contributed by atoms with Crippen LogP contribution >= 0.6 is 22.9 Å². The lowest BCUT2D eigenvalue weighted by Gasteiger charge is -2.06. The van der Waals surface area contributed by atoms with Crippen LogP contribution in [0.25, 0.3) is 10.2 Å². The number of benzene rings is 2. The molecule has 2 aromatic carbocycles. The van der Waals surface area contributed by atoms with Crippen molar-refractivity contribution in [3.8, 4) is 0 Å². The summed E-state index contributed by atoms with van der Waals surface area (Å²) in [5.41, 5.74) is 1.34. The highest BCUT2D eigenvalue weighted by atomic mass is 35.5. The zero-order chi connectivity index (χ0) is 16.2. The van der Waals surface area contributed by atoms with Crippen molar-refractivity contribution in [2.75, 3.05) is 11.9 Å². The molecule has 1 aromatic heterocycles. The number of ether oxygens (including phenoxy) is 1. The fourth-order valence-corrected chi connectivity index (χ4v) is 3.07. The Morgan fingerprint density at radius 1 is 1.30 bits per heavy atom. The molecular weight excluding hydrogens is 339 g/mol. The Kier molecular flexibility index (Phi) is 4.85. The second-order valence-corrected chi connectivity index (χ2v) is 6.27. The molecule has 0 saturated carbocycles. The fraction of sp³-hybridized carbons (Fsp3) is 0.125. The van der Waals surface area contributed by atoms with E-state index in [-0.39, 0.29) is 24.1 Å². The van der Waals surface area contributed by atoms with Crippen LogP contribution in [0, 0.1) is 5.82 Å². The van der Waals surface area contributed by atoms with E-state index in [1.165, 1.54) is 29.5 Å². The van der Waals surface area contributed by atoms with Crippen molar-refractivity contribution in [1.29, 1.82) is 0 Å². The number of rotatable bonds is 5. The van der Waals surface area contributed by atoms with Crippen molar-refractivity contribution in [2.45, 2.75) is 6.61 Å². The summed E-state index contributed by atoms with van der Waals surface area (Å²) in [4.78, 5) is 16.2. The highest BCUT2D eigenvalue weighted by Crippen LogP contribution is 2.22. The number of carbonyl (C=O) groups excluding carboxylic acids is 1. The second kappa shape index (κ2) is 7.04. The van der Waals surface area contributed by atoms with Crippen LogP contribution in [-0.2, 0) is 16.1 Å². The van der Waals surface area contributed by atoms with E-state index in [0.717, 1.165) is 15.2 Å². The molecule has 0 aliphatic heterocycles. The van der Waals surface area contributed by atoms with Gasteiger partial charge in [-0.05, 0) is 30.3 Å². The molecule has 1 amide bonds. The van der Waals surface area contributed by atoms with Crippen LogP contribution in [0.5, 0.6) is 0 Å². The zero-order valence-corrected chi connectivity index (χ0v) is 13.5. The lowest BCUT2D eigenvalue weighted by molar-refractivity contribution is -0.121. The number of amides is 1. The van der Waals surface area contributed by atoms with Crippen molar-refractivity contribution in [3.05, 3.63) is 58.3 Å². The van der Waals surface area contributed by atoms with Gasteiger partial charge in [0.1, 0.15) is 17.4 Å². The monoisotopic (exact) mass is 350 g/mol. The molecule has 7 heteroatoms. The number of fused-ring (bicyclic) bond motifs is 1. The molecule has 0 saturated heterocycles. The lowest BCUT2D eigenvalue weighted by Crippen LogP contribution is -2.18. The number of halogens is 2. The first-order valence-electron chi connectivity index (χ1n) is 6.79. The van der Waals surface area contributed by atoms with Gasteiger partial charge < -0.3 is 10.1 Å². The topological polar surface area (TPSA) is 51.2 Å². The summed E-state index contributed by atoms with van der Waals surface area (Å²) in [6, 6.07) is 11.8. The average molecular weight is 351 g/mol. The number of thiazole rings is 1. The Bertz CT molecular complexity index is 820. The Balaban J connectivity index is 1.51. The molecule has 3 aromatic rings. The maximum atomic E-state index is 13.0. The second-order valence-electron chi connectivity index (χ2n) is 4.75. The quantitative estimate of drug-likeness (QED) is 0.748. The van der Waals surface area contributed by atoms with Crippen LogP contribution in [0.1, 0.15) is 5.01 Å². The summed E-state index contributed by atoms with van der Waals surface area (Å²) < 4.78 is 19.5. The smallest absolute Gasteiger partial charge is 0.250 e. The summed E-state index contributed by atoms with van der Waals surface area (Å²) in [5, 5.41) is 3.36. The van der Waals surface area contributed by atoms with Crippen molar-refractivity contribution in [3.63, 3.8) is 0 Å². The van der Waals surface area contributed by atoms with Gasteiger partial charge in [-0.25, -0.2) is 9.37 Å². The molecule has 0 aliphatic rings. The minimum atomic E-state index is -0.531. The van der Waals surface area contributed by atoms with E-state index < -0.39 is 5.82 Å². The molecule has 0 spiro atoms. The van der Waals surface area contributed by atoms with Crippen molar-refractivity contribution >= 4 is 44.7 Å². The molecule has 0 fully saturated rings. The lowest BCUT2D eigenvalue weighted by atomic mass is 10.3. The highest BCUT2D eigenvalue weighted by molar-refractivity contribution is 7.18. The first-order chi connectivity index (χ1) is 11.1. The molecule has 0 bridgehead atoms. The molecule has 4 nitrogen and oxygen atoms in total. The standard InChI is InChI=1S/C16H12ClFN2O2S/c17-11-7-10(5-6-12(11)18)19-15(21)8-22-9-16-20-13-3-1-2-4-14(13)23-16/h1-7H,8-9H2,(H,19,21). The van der Waals surface area contributed by atoms with Gasteiger partial charge in [0.2, 0.25) is 5.91 Å². The van der Waals surface area contributed by atoms with Gasteiger partial charge in [0.25, 0.3) is 0 Å². The van der Waals surface area contributed by atoms with Gasteiger partial charge in [0.05, 0.1) is 21.8 Å². The van der Waals surface area contributed by atoms with Crippen LogP contribution in [0.4, 0.5) is 10.1 Å². The number of nitrogens with one attached hydrogen (secondary N) is 1. The third-order valence-corrected chi connectivity index (χ3v) is 4.30. The van der Waals surface area contributed by atoms with E-state index in [9.17, 15) is 9.18 Å². The van der Waals surface area contributed by atoms with Crippen LogP contribution in [0.3, 0.4) is 0 Å². The average Bonchev–Trinajstić information content (AvgIpc) is 2.93. The summed E-state index contributed by atoms with van der Waals surface area (Å²) in [7, 11) is 0. The first kappa shape index (κ1) is 15.9. The number of hydrogen-bond donors (Lipinski definition) is 1. The van der Waals surface area contributed by atoms with E-state index in [1.807, 2.05) is 24.3 Å². The minimum absolute atomic E-state index is 0.0433. The van der Waals surface area contributed by atoms with Crippen molar-refractivity contribution in [1.82, 2.24) is 4.98 Å². The molecular formula is C16H12ClFN2O2S. The number of anilines is 1. The van der Waals surface area contributed by atoms with Crippen molar-refractivity contribution < 1.29 is 13.9 Å². The van der Waals surface area contributed by atoms with Crippen molar-refractivity contribution in [2.24, 2.45) is 0 Å². The van der Waals surface area contributed by atoms with Gasteiger partial charge in [-0.1, -0.05) is 23.7 Å². The van der Waals surface area contributed by atoms with Gasteiger partial charge in [-0.3, -0.25) is 4.79 Å². The Morgan fingerprint density at radius 2 is 2.13 bits per heavy atom. The predicted octanol–water partition coefficient (Wildman–Crippen LogP) is 4.24. The molecule has 0 aliphatic carbocycles. The summed E-state index contributed by atoms with van der Waals surface area (Å²) in [6.07, 6.45) is 0. The van der Waals surface area contributed by atoms with Crippen LogP contribution in [-0.4, -0.2) is 17.5 Å². The SMILES string of the molecule is O=C(COCc1nc2ccccc2s1)Nc1ccc(F)c(Cl)c1. The fourth-order valence-electron chi connectivity index (χ4n) is 1.98. The number of hydrogen-bond acceptors (Lipinski definition) is 4. The Morgan fingerprint density at radius 3 is 2.91 bits per heavy atom. The molecule has 0 radical (unpaired) electrons. The van der Waals surface area contributed by atoms with Gasteiger partial charge in [-0.15, -0.1) is 11.3 Å². The van der Waals surface area contributed by atoms with Crippen LogP contribution in [0.15, 0.2) is 42.5 Å². The summed E-state index contributed by atoms with van der Waals surface area (Å²) in [5.74, 6) is -0.870. The third-order valence-electron chi connectivity index (χ3n) is 3.00. The minimum Gasteiger partial charge on any atom is -0.364 e. The molecule has 23 heavy (non-hydrogen) atoms. The molecule has 0 atom stereocenters. The number of para-hydroxylation sites is 1. The van der Waals surface area contributed by atoms with Gasteiger partial charge in [0, 0.05) is 5.69 Å². The summed E-state index contributed by atoms with van der Waals surface area (Å²) >= 11 is 7.19. The largest absolute Gasteiger partial charge is 0.364 e.